The Morgan fingerprint density at radius 3 is 2.82 bits per heavy atom. The third-order valence-corrected chi connectivity index (χ3v) is 2.54. The number of hydrogen-bond acceptors (Lipinski definition) is 3. The predicted molar refractivity (Wildman–Crippen MR) is 66.2 cm³/mol. The quantitative estimate of drug-likeness (QED) is 0.729. The molecule has 0 aromatic heterocycles. The Morgan fingerprint density at radius 2 is 2.24 bits per heavy atom. The van der Waals surface area contributed by atoms with Crippen LogP contribution in [0.25, 0.3) is 0 Å². The highest BCUT2D eigenvalue weighted by molar-refractivity contribution is 6.32. The van der Waals surface area contributed by atoms with Crippen LogP contribution in [0.5, 0.6) is 5.75 Å². The van der Waals surface area contributed by atoms with Crippen molar-refractivity contribution in [1.29, 1.82) is 5.26 Å². The maximum atomic E-state index is 10.7. The van der Waals surface area contributed by atoms with Crippen molar-refractivity contribution < 1.29 is 9.53 Å². The molecule has 0 aliphatic rings. The number of nitrogens with zero attached hydrogens (tertiary/aromatic N) is 1. The first-order valence-electron chi connectivity index (χ1n) is 5.45. The molecule has 0 amide bonds. The van der Waals surface area contributed by atoms with Crippen LogP contribution in [-0.2, 0) is 4.79 Å². The molecule has 0 unspecified atom stereocenters. The second-order valence-electron chi connectivity index (χ2n) is 3.76. The molecule has 1 aromatic carbocycles. The number of hydrogen-bond donors (Lipinski definition) is 0. The van der Waals surface area contributed by atoms with Crippen molar-refractivity contribution in [3.63, 3.8) is 0 Å². The van der Waals surface area contributed by atoms with E-state index in [1.165, 1.54) is 0 Å². The molecule has 0 saturated heterocycles. The van der Waals surface area contributed by atoms with Crippen LogP contribution in [0.2, 0.25) is 5.02 Å². The fourth-order valence-corrected chi connectivity index (χ4v) is 1.58. The molecule has 0 saturated carbocycles. The maximum absolute atomic E-state index is 10.7. The topological polar surface area (TPSA) is 50.1 Å². The number of rotatable bonds is 6. The van der Waals surface area contributed by atoms with E-state index in [-0.39, 0.29) is 5.78 Å². The van der Waals surface area contributed by atoms with Gasteiger partial charge in [0, 0.05) is 6.42 Å². The van der Waals surface area contributed by atoms with Crippen LogP contribution in [0.1, 0.15) is 31.7 Å². The van der Waals surface area contributed by atoms with Gasteiger partial charge in [0.15, 0.2) is 0 Å². The Kier molecular flexibility index (Phi) is 5.51. The van der Waals surface area contributed by atoms with Crippen molar-refractivity contribution in [3.8, 4) is 11.8 Å². The molecule has 17 heavy (non-hydrogen) atoms. The molecule has 0 spiro atoms. The summed E-state index contributed by atoms with van der Waals surface area (Å²) in [6.45, 7) is 2.11. The first-order chi connectivity index (χ1) is 8.13. The number of Topliss-reactive ketones (excluding diaryl/α,β-unsaturated/α-hetero) is 1. The number of ether oxygens (including phenoxy) is 1. The summed E-state index contributed by atoms with van der Waals surface area (Å²) in [7, 11) is 0. The van der Waals surface area contributed by atoms with Crippen molar-refractivity contribution in [2.75, 3.05) is 6.61 Å². The molecular weight excluding hydrogens is 238 g/mol. The maximum Gasteiger partial charge on any atom is 0.137 e. The lowest BCUT2D eigenvalue weighted by molar-refractivity contribution is -0.117. The standard InChI is InChI=1S/C13H14ClNO2/c1-10(16)4-2-3-7-17-13-6-5-11(9-15)8-12(13)14/h5-6,8H,2-4,7H2,1H3. The monoisotopic (exact) mass is 251 g/mol. The molecule has 1 rings (SSSR count). The molecule has 0 bridgehead atoms. The Labute approximate surface area is 106 Å². The average molecular weight is 252 g/mol. The Morgan fingerprint density at radius 1 is 1.47 bits per heavy atom. The summed E-state index contributed by atoms with van der Waals surface area (Å²) in [5.41, 5.74) is 0.513. The van der Waals surface area contributed by atoms with E-state index >= 15 is 0 Å². The van der Waals surface area contributed by atoms with E-state index in [2.05, 4.69) is 0 Å². The predicted octanol–water partition coefficient (Wildman–Crippen LogP) is 3.35. The van der Waals surface area contributed by atoms with E-state index in [1.54, 1.807) is 25.1 Å². The highest BCUT2D eigenvalue weighted by Gasteiger charge is 2.02. The van der Waals surface area contributed by atoms with Gasteiger partial charge in [-0.15, -0.1) is 0 Å². The van der Waals surface area contributed by atoms with Crippen LogP contribution in [0.3, 0.4) is 0 Å². The fourth-order valence-electron chi connectivity index (χ4n) is 1.35. The van der Waals surface area contributed by atoms with Gasteiger partial charge in [0.1, 0.15) is 11.5 Å². The number of ketones is 1. The van der Waals surface area contributed by atoms with Gasteiger partial charge in [-0.05, 0) is 38.0 Å². The minimum atomic E-state index is 0.196. The first-order valence-corrected chi connectivity index (χ1v) is 5.83. The molecule has 0 N–H and O–H groups in total. The summed E-state index contributed by atoms with van der Waals surface area (Å²) in [4.78, 5) is 10.7. The summed E-state index contributed by atoms with van der Waals surface area (Å²) in [5, 5.41) is 9.11. The molecule has 0 aliphatic heterocycles. The lowest BCUT2D eigenvalue weighted by Crippen LogP contribution is -1.99. The van der Waals surface area contributed by atoms with Gasteiger partial charge in [-0.1, -0.05) is 11.6 Å². The minimum Gasteiger partial charge on any atom is -0.492 e. The van der Waals surface area contributed by atoms with Crippen LogP contribution >= 0.6 is 11.6 Å². The van der Waals surface area contributed by atoms with Crippen molar-refractivity contribution in [3.05, 3.63) is 28.8 Å². The molecule has 0 atom stereocenters. The highest BCUT2D eigenvalue weighted by Crippen LogP contribution is 2.25. The van der Waals surface area contributed by atoms with Crippen molar-refractivity contribution >= 4 is 17.4 Å². The van der Waals surface area contributed by atoms with E-state index in [0.29, 0.717) is 29.4 Å². The Balaban J connectivity index is 2.37. The van der Waals surface area contributed by atoms with E-state index in [0.717, 1.165) is 12.8 Å². The Hall–Kier alpha value is -1.53. The molecule has 4 heteroatoms. The summed E-state index contributed by atoms with van der Waals surface area (Å²) in [6.07, 6.45) is 2.23. The van der Waals surface area contributed by atoms with Gasteiger partial charge in [0.2, 0.25) is 0 Å². The fraction of sp³-hybridized carbons (Fsp3) is 0.385. The number of benzene rings is 1. The van der Waals surface area contributed by atoms with Crippen LogP contribution in [-0.4, -0.2) is 12.4 Å². The van der Waals surface area contributed by atoms with E-state index in [9.17, 15) is 4.79 Å². The van der Waals surface area contributed by atoms with Crippen LogP contribution < -0.4 is 4.74 Å². The molecule has 0 fully saturated rings. The van der Waals surface area contributed by atoms with Crippen molar-refractivity contribution in [2.24, 2.45) is 0 Å². The summed E-state index contributed by atoms with van der Waals surface area (Å²) in [5.74, 6) is 0.773. The molecular formula is C13H14ClNO2. The smallest absolute Gasteiger partial charge is 0.137 e. The van der Waals surface area contributed by atoms with Crippen molar-refractivity contribution in [2.45, 2.75) is 26.2 Å². The zero-order chi connectivity index (χ0) is 12.7. The third kappa shape index (κ3) is 4.88. The molecule has 0 radical (unpaired) electrons. The number of nitriles is 1. The van der Waals surface area contributed by atoms with Crippen molar-refractivity contribution in [1.82, 2.24) is 0 Å². The van der Waals surface area contributed by atoms with Gasteiger partial charge in [0.05, 0.1) is 23.3 Å². The van der Waals surface area contributed by atoms with E-state index < -0.39 is 0 Å². The average Bonchev–Trinajstić information content (AvgIpc) is 2.30. The van der Waals surface area contributed by atoms with E-state index in [4.69, 9.17) is 21.6 Å². The van der Waals surface area contributed by atoms with Crippen LogP contribution in [0.15, 0.2) is 18.2 Å². The molecule has 0 aliphatic carbocycles. The number of halogens is 1. The van der Waals surface area contributed by atoms with Gasteiger partial charge < -0.3 is 9.53 Å². The van der Waals surface area contributed by atoms with Gasteiger partial charge >= 0.3 is 0 Å². The molecule has 1 aromatic rings. The summed E-state index contributed by atoms with van der Waals surface area (Å²) >= 11 is 5.94. The SMILES string of the molecule is CC(=O)CCCCOc1ccc(C#N)cc1Cl. The largest absolute Gasteiger partial charge is 0.492 e. The van der Waals surface area contributed by atoms with Gasteiger partial charge in [-0.2, -0.15) is 5.26 Å². The van der Waals surface area contributed by atoms with Crippen LogP contribution in [0, 0.1) is 11.3 Å². The minimum absolute atomic E-state index is 0.196. The lowest BCUT2D eigenvalue weighted by atomic mass is 10.2. The lowest BCUT2D eigenvalue weighted by Gasteiger charge is -2.07. The van der Waals surface area contributed by atoms with E-state index in [1.807, 2.05) is 6.07 Å². The summed E-state index contributed by atoms with van der Waals surface area (Å²) < 4.78 is 5.47. The highest BCUT2D eigenvalue weighted by atomic mass is 35.5. The number of carbonyl (C=O) groups is 1. The molecule has 90 valence electrons. The normalized spacial score (nSPS) is 9.71. The number of carbonyl (C=O) groups excluding carboxylic acids is 1. The van der Waals surface area contributed by atoms with Crippen LogP contribution in [0.4, 0.5) is 0 Å². The first kappa shape index (κ1) is 13.5. The Bertz CT molecular complexity index is 438. The molecule has 0 heterocycles. The zero-order valence-corrected chi connectivity index (χ0v) is 10.5. The second-order valence-corrected chi connectivity index (χ2v) is 4.17. The third-order valence-electron chi connectivity index (χ3n) is 2.24. The second kappa shape index (κ2) is 6.93. The van der Waals surface area contributed by atoms with Gasteiger partial charge in [-0.3, -0.25) is 0 Å². The van der Waals surface area contributed by atoms with Gasteiger partial charge in [0.25, 0.3) is 0 Å². The number of unbranched alkanes of at least 4 members (excludes halogenated alkanes) is 1. The summed E-state index contributed by atoms with van der Waals surface area (Å²) in [6, 6.07) is 6.93. The molecule has 3 nitrogen and oxygen atoms in total. The van der Waals surface area contributed by atoms with Gasteiger partial charge in [-0.25, -0.2) is 0 Å². The zero-order valence-electron chi connectivity index (χ0n) is 9.70.